The fraction of sp³-hybridized carbons (Fsp3) is 0.273. The molecule has 1 atom stereocenters. The maximum Gasteiger partial charge on any atom is 0.419 e. The molecule has 0 fully saturated rings. The van der Waals surface area contributed by atoms with Gasteiger partial charge in [-0.05, 0) is 43.0 Å². The van der Waals surface area contributed by atoms with Crippen LogP contribution in [0.25, 0.3) is 0 Å². The summed E-state index contributed by atoms with van der Waals surface area (Å²) in [6.07, 6.45) is -2.04. The Morgan fingerprint density at radius 1 is 1.06 bits per heavy atom. The van der Waals surface area contributed by atoms with Crippen LogP contribution in [0.1, 0.15) is 41.0 Å². The van der Waals surface area contributed by atoms with Crippen LogP contribution in [0.4, 0.5) is 24.8 Å². The van der Waals surface area contributed by atoms with Gasteiger partial charge in [-0.15, -0.1) is 0 Å². The number of hydrogen-bond acceptors (Lipinski definition) is 6. The van der Waals surface area contributed by atoms with E-state index in [-0.39, 0.29) is 36.9 Å². The van der Waals surface area contributed by atoms with Gasteiger partial charge in [-0.1, -0.05) is 24.3 Å². The van der Waals surface area contributed by atoms with Crippen LogP contribution >= 0.6 is 0 Å². The van der Waals surface area contributed by atoms with Gasteiger partial charge in [0.2, 0.25) is 11.9 Å². The van der Waals surface area contributed by atoms with Gasteiger partial charge >= 0.3 is 6.18 Å². The van der Waals surface area contributed by atoms with E-state index in [0.717, 1.165) is 11.8 Å². The number of nitrogens with two attached hydrogens (primary N) is 2. The fourth-order valence-electron chi connectivity index (χ4n) is 3.20. The van der Waals surface area contributed by atoms with Crippen LogP contribution in [0.5, 0.6) is 0 Å². The standard InChI is InChI=1S/C22H23F3N6O/c1-13(26)18-9-7-16(11-28-18)30-21-29-12-17(22(23,24)25)19(31-21)8-6-14-4-2-3-5-15(14)10-20(27)32/h2-5,7,9,11-13H,6,8,10,26H2,1H3,(H2,27,32)(H,29,30,31). The largest absolute Gasteiger partial charge is 0.419 e. The molecule has 168 valence electrons. The summed E-state index contributed by atoms with van der Waals surface area (Å²) in [6, 6.07) is 10.2. The van der Waals surface area contributed by atoms with Gasteiger partial charge < -0.3 is 16.8 Å². The SMILES string of the molecule is CC(N)c1ccc(Nc2ncc(C(F)(F)F)c(CCc3ccccc3CC(N)=O)n2)cn1. The lowest BCUT2D eigenvalue weighted by atomic mass is 9.98. The number of anilines is 2. The van der Waals surface area contributed by atoms with Gasteiger partial charge in [0.1, 0.15) is 0 Å². The summed E-state index contributed by atoms with van der Waals surface area (Å²) in [5.41, 5.74) is 12.6. The Kier molecular flexibility index (Phi) is 7.04. The van der Waals surface area contributed by atoms with Crippen molar-refractivity contribution in [2.75, 3.05) is 5.32 Å². The molecule has 2 aromatic heterocycles. The number of hydrogen-bond donors (Lipinski definition) is 3. The molecular weight excluding hydrogens is 421 g/mol. The number of amides is 1. The van der Waals surface area contributed by atoms with Gasteiger partial charge in [0.15, 0.2) is 0 Å². The van der Waals surface area contributed by atoms with Crippen LogP contribution < -0.4 is 16.8 Å². The van der Waals surface area contributed by atoms with Crippen LogP contribution in [0.2, 0.25) is 0 Å². The van der Waals surface area contributed by atoms with E-state index in [1.165, 1.54) is 6.20 Å². The molecule has 3 aromatic rings. The average molecular weight is 444 g/mol. The third-order valence-corrected chi connectivity index (χ3v) is 4.80. The van der Waals surface area contributed by atoms with Crippen LogP contribution in [0.15, 0.2) is 48.8 Å². The summed E-state index contributed by atoms with van der Waals surface area (Å²) in [5, 5.41) is 2.87. The Labute approximate surface area is 183 Å². The Bertz CT molecular complexity index is 1080. The van der Waals surface area contributed by atoms with Crippen molar-refractivity contribution < 1.29 is 18.0 Å². The van der Waals surface area contributed by atoms with E-state index in [1.54, 1.807) is 43.3 Å². The number of benzene rings is 1. The minimum absolute atomic E-state index is 0.00367. The van der Waals surface area contributed by atoms with Crippen LogP contribution in [0.3, 0.4) is 0 Å². The molecule has 2 heterocycles. The van der Waals surface area contributed by atoms with Crippen molar-refractivity contribution in [3.8, 4) is 0 Å². The molecule has 3 rings (SSSR count). The van der Waals surface area contributed by atoms with Gasteiger partial charge in [-0.3, -0.25) is 9.78 Å². The number of aromatic nitrogens is 3. The molecule has 1 unspecified atom stereocenters. The van der Waals surface area contributed by atoms with Gasteiger partial charge in [-0.25, -0.2) is 9.97 Å². The number of nitrogens with one attached hydrogen (secondary N) is 1. The molecule has 7 nitrogen and oxygen atoms in total. The summed E-state index contributed by atoms with van der Waals surface area (Å²) in [7, 11) is 0. The van der Waals surface area contributed by atoms with E-state index in [4.69, 9.17) is 11.5 Å². The lowest BCUT2D eigenvalue weighted by Crippen LogP contribution is -2.16. The monoisotopic (exact) mass is 444 g/mol. The molecule has 1 amide bonds. The van der Waals surface area contributed by atoms with E-state index >= 15 is 0 Å². The normalized spacial score (nSPS) is 12.4. The molecule has 0 aliphatic rings. The number of carbonyl (C=O) groups is 1. The summed E-state index contributed by atoms with van der Waals surface area (Å²) in [6.45, 7) is 1.79. The maximum atomic E-state index is 13.5. The minimum Gasteiger partial charge on any atom is -0.369 e. The highest BCUT2D eigenvalue weighted by atomic mass is 19.4. The van der Waals surface area contributed by atoms with Crippen LogP contribution in [-0.4, -0.2) is 20.9 Å². The molecule has 0 saturated heterocycles. The second-order valence-corrected chi connectivity index (χ2v) is 7.35. The predicted molar refractivity (Wildman–Crippen MR) is 114 cm³/mol. The Hall–Kier alpha value is -3.53. The van der Waals surface area contributed by atoms with Crippen molar-refractivity contribution in [3.05, 3.63) is 76.9 Å². The quantitative estimate of drug-likeness (QED) is 0.489. The number of alkyl halides is 3. The number of nitrogens with zero attached hydrogens (tertiary/aromatic N) is 3. The van der Waals surface area contributed by atoms with E-state index in [0.29, 0.717) is 16.9 Å². The van der Waals surface area contributed by atoms with Crippen molar-refractivity contribution in [2.45, 2.75) is 38.4 Å². The molecule has 10 heteroatoms. The highest BCUT2D eigenvalue weighted by Crippen LogP contribution is 2.32. The summed E-state index contributed by atoms with van der Waals surface area (Å²) >= 11 is 0. The summed E-state index contributed by atoms with van der Waals surface area (Å²) < 4.78 is 40.6. The second kappa shape index (κ2) is 9.73. The van der Waals surface area contributed by atoms with E-state index in [1.807, 2.05) is 0 Å². The highest BCUT2D eigenvalue weighted by molar-refractivity contribution is 5.77. The third-order valence-electron chi connectivity index (χ3n) is 4.80. The number of rotatable bonds is 8. The van der Waals surface area contributed by atoms with Gasteiger partial charge in [0.05, 0.1) is 35.3 Å². The number of carbonyl (C=O) groups excluding carboxylic acids is 1. The molecule has 0 aliphatic carbocycles. The molecule has 0 spiro atoms. The first-order valence-electron chi connectivity index (χ1n) is 9.90. The smallest absolute Gasteiger partial charge is 0.369 e. The average Bonchev–Trinajstić information content (AvgIpc) is 2.72. The third kappa shape index (κ3) is 6.01. The molecule has 32 heavy (non-hydrogen) atoms. The first kappa shape index (κ1) is 23.1. The lowest BCUT2D eigenvalue weighted by Gasteiger charge is -2.14. The van der Waals surface area contributed by atoms with Crippen LogP contribution in [0, 0.1) is 0 Å². The highest BCUT2D eigenvalue weighted by Gasteiger charge is 2.34. The van der Waals surface area contributed by atoms with Crippen molar-refractivity contribution in [3.63, 3.8) is 0 Å². The van der Waals surface area contributed by atoms with Gasteiger partial charge in [0, 0.05) is 12.2 Å². The van der Waals surface area contributed by atoms with Crippen molar-refractivity contribution in [1.82, 2.24) is 15.0 Å². The summed E-state index contributed by atoms with van der Waals surface area (Å²) in [4.78, 5) is 23.4. The Morgan fingerprint density at radius 2 is 1.78 bits per heavy atom. The zero-order valence-corrected chi connectivity index (χ0v) is 17.4. The Balaban J connectivity index is 1.84. The van der Waals surface area contributed by atoms with E-state index in [2.05, 4.69) is 20.3 Å². The van der Waals surface area contributed by atoms with Crippen molar-refractivity contribution in [1.29, 1.82) is 0 Å². The molecule has 0 bridgehead atoms. The molecule has 0 saturated carbocycles. The van der Waals surface area contributed by atoms with E-state index < -0.39 is 17.6 Å². The predicted octanol–water partition coefficient (Wildman–Crippen LogP) is 3.47. The first-order chi connectivity index (χ1) is 15.1. The van der Waals surface area contributed by atoms with Crippen molar-refractivity contribution in [2.24, 2.45) is 11.5 Å². The molecule has 1 aromatic carbocycles. The zero-order chi connectivity index (χ0) is 23.3. The minimum atomic E-state index is -4.60. The maximum absolute atomic E-state index is 13.5. The number of primary amides is 1. The molecule has 0 radical (unpaired) electrons. The Morgan fingerprint density at radius 3 is 2.38 bits per heavy atom. The molecule has 5 N–H and O–H groups in total. The zero-order valence-electron chi connectivity index (χ0n) is 17.4. The van der Waals surface area contributed by atoms with Crippen molar-refractivity contribution >= 4 is 17.5 Å². The van der Waals surface area contributed by atoms with E-state index in [9.17, 15) is 18.0 Å². The van der Waals surface area contributed by atoms with Crippen LogP contribution in [-0.2, 0) is 30.2 Å². The number of halogens is 3. The topological polar surface area (TPSA) is 120 Å². The lowest BCUT2D eigenvalue weighted by molar-refractivity contribution is -0.138. The van der Waals surface area contributed by atoms with Gasteiger partial charge in [0.25, 0.3) is 0 Å². The molecular formula is C22H23F3N6O. The first-order valence-corrected chi connectivity index (χ1v) is 9.90. The number of pyridine rings is 1. The molecule has 0 aliphatic heterocycles. The number of aryl methyl sites for hydroxylation is 2. The summed E-state index contributed by atoms with van der Waals surface area (Å²) in [5.74, 6) is -0.487. The fourth-order valence-corrected chi connectivity index (χ4v) is 3.20. The second-order valence-electron chi connectivity index (χ2n) is 7.35. The van der Waals surface area contributed by atoms with Gasteiger partial charge in [-0.2, -0.15) is 13.2 Å².